The predicted molar refractivity (Wildman–Crippen MR) is 49.3 cm³/mol. The molecule has 0 amide bonds. The van der Waals surface area contributed by atoms with Crippen molar-refractivity contribution in [1.29, 1.82) is 0 Å². The van der Waals surface area contributed by atoms with Gasteiger partial charge in [0.2, 0.25) is 0 Å². The van der Waals surface area contributed by atoms with E-state index in [9.17, 15) is 10.1 Å². The SMILES string of the molecule is C=C/C(=C\C=C(\C)CC)[N+](=O)[O-]. The van der Waals surface area contributed by atoms with Crippen molar-refractivity contribution in [3.05, 3.63) is 46.2 Å². The second-order valence-corrected chi connectivity index (χ2v) is 2.42. The van der Waals surface area contributed by atoms with Crippen molar-refractivity contribution in [2.45, 2.75) is 20.3 Å². The molecule has 0 saturated carbocycles. The van der Waals surface area contributed by atoms with Gasteiger partial charge in [0.15, 0.2) is 0 Å². The highest BCUT2D eigenvalue weighted by molar-refractivity contribution is 5.18. The zero-order chi connectivity index (χ0) is 9.56. The van der Waals surface area contributed by atoms with Crippen LogP contribution in [0.4, 0.5) is 0 Å². The fourth-order valence-corrected chi connectivity index (χ4v) is 0.549. The van der Waals surface area contributed by atoms with Crippen LogP contribution < -0.4 is 0 Å². The maximum Gasteiger partial charge on any atom is 0.268 e. The van der Waals surface area contributed by atoms with Crippen LogP contribution in [0.1, 0.15) is 20.3 Å². The fraction of sp³-hybridized carbons (Fsp3) is 0.333. The molecule has 0 bridgehead atoms. The summed E-state index contributed by atoms with van der Waals surface area (Å²) < 4.78 is 0. The molecule has 0 rings (SSSR count). The van der Waals surface area contributed by atoms with E-state index in [0.717, 1.165) is 12.0 Å². The van der Waals surface area contributed by atoms with Gasteiger partial charge in [0.25, 0.3) is 5.70 Å². The summed E-state index contributed by atoms with van der Waals surface area (Å²) >= 11 is 0. The molecular weight excluding hydrogens is 154 g/mol. The predicted octanol–water partition coefficient (Wildman–Crippen LogP) is 2.69. The molecule has 0 aliphatic rings. The van der Waals surface area contributed by atoms with E-state index < -0.39 is 4.92 Å². The average Bonchev–Trinajstić information content (AvgIpc) is 2.04. The third-order valence-corrected chi connectivity index (χ3v) is 1.52. The first-order chi connectivity index (χ1) is 5.61. The first-order valence-electron chi connectivity index (χ1n) is 3.76. The lowest BCUT2D eigenvalue weighted by molar-refractivity contribution is -0.418. The molecule has 0 N–H and O–H groups in total. The molecule has 0 aliphatic carbocycles. The maximum atomic E-state index is 10.3. The van der Waals surface area contributed by atoms with Crippen LogP contribution in [0.5, 0.6) is 0 Å². The Labute approximate surface area is 72.2 Å². The van der Waals surface area contributed by atoms with Gasteiger partial charge in [0.05, 0.1) is 4.92 Å². The largest absolute Gasteiger partial charge is 0.268 e. The van der Waals surface area contributed by atoms with Crippen molar-refractivity contribution < 1.29 is 4.92 Å². The maximum absolute atomic E-state index is 10.3. The highest BCUT2D eigenvalue weighted by Crippen LogP contribution is 2.02. The Bertz CT molecular complexity index is 239. The highest BCUT2D eigenvalue weighted by Gasteiger charge is 2.01. The van der Waals surface area contributed by atoms with Crippen LogP contribution in [-0.2, 0) is 0 Å². The summed E-state index contributed by atoms with van der Waals surface area (Å²) in [6.45, 7) is 7.27. The Balaban J connectivity index is 4.51. The highest BCUT2D eigenvalue weighted by atomic mass is 16.6. The van der Waals surface area contributed by atoms with Gasteiger partial charge >= 0.3 is 0 Å². The summed E-state index contributed by atoms with van der Waals surface area (Å²) in [5.41, 5.74) is 1.14. The molecule has 0 heterocycles. The van der Waals surface area contributed by atoms with Gasteiger partial charge < -0.3 is 0 Å². The summed E-state index contributed by atoms with van der Waals surface area (Å²) in [6, 6.07) is 0. The van der Waals surface area contributed by atoms with E-state index in [-0.39, 0.29) is 5.70 Å². The minimum absolute atomic E-state index is 0.0304. The summed E-state index contributed by atoms with van der Waals surface area (Å²) in [7, 11) is 0. The fourth-order valence-electron chi connectivity index (χ4n) is 0.549. The third-order valence-electron chi connectivity index (χ3n) is 1.52. The van der Waals surface area contributed by atoms with Crippen molar-refractivity contribution in [3.8, 4) is 0 Å². The Hall–Kier alpha value is -1.38. The van der Waals surface area contributed by atoms with Crippen LogP contribution in [0.2, 0.25) is 0 Å². The van der Waals surface area contributed by atoms with E-state index in [1.54, 1.807) is 6.08 Å². The van der Waals surface area contributed by atoms with Gasteiger partial charge in [-0.3, -0.25) is 10.1 Å². The number of hydrogen-bond donors (Lipinski definition) is 0. The van der Waals surface area contributed by atoms with Gasteiger partial charge in [-0.15, -0.1) is 0 Å². The lowest BCUT2D eigenvalue weighted by Crippen LogP contribution is -1.93. The number of hydrogen-bond acceptors (Lipinski definition) is 2. The molecule has 0 aromatic carbocycles. The van der Waals surface area contributed by atoms with Crippen molar-refractivity contribution in [1.82, 2.24) is 0 Å². The molecule has 0 radical (unpaired) electrons. The first-order valence-corrected chi connectivity index (χ1v) is 3.76. The zero-order valence-corrected chi connectivity index (χ0v) is 7.41. The van der Waals surface area contributed by atoms with Crippen molar-refractivity contribution >= 4 is 0 Å². The van der Waals surface area contributed by atoms with Crippen LogP contribution in [0.3, 0.4) is 0 Å². The van der Waals surface area contributed by atoms with Crippen LogP contribution in [0.15, 0.2) is 36.1 Å². The summed E-state index contributed by atoms with van der Waals surface area (Å²) in [5.74, 6) is 0. The molecule has 0 unspecified atom stereocenters. The quantitative estimate of drug-likeness (QED) is 0.367. The Kier molecular flexibility index (Phi) is 4.69. The number of nitro groups is 1. The van der Waals surface area contributed by atoms with E-state index in [1.807, 2.05) is 13.8 Å². The van der Waals surface area contributed by atoms with Gasteiger partial charge in [0, 0.05) is 12.2 Å². The minimum atomic E-state index is -0.452. The van der Waals surface area contributed by atoms with Gasteiger partial charge in [-0.1, -0.05) is 25.2 Å². The molecule has 3 nitrogen and oxygen atoms in total. The van der Waals surface area contributed by atoms with Crippen molar-refractivity contribution in [2.24, 2.45) is 0 Å². The monoisotopic (exact) mass is 167 g/mol. The molecule has 0 aromatic heterocycles. The standard InChI is InChI=1S/C9H13NO2/c1-4-8(3)6-7-9(5-2)10(11)12/h5-7H,2,4H2,1,3H3/b8-6-,9-7+. The zero-order valence-electron chi connectivity index (χ0n) is 7.41. The Morgan fingerprint density at radius 1 is 1.58 bits per heavy atom. The minimum Gasteiger partial charge on any atom is -0.258 e. The average molecular weight is 167 g/mol. The molecule has 3 heteroatoms. The second-order valence-electron chi connectivity index (χ2n) is 2.42. The van der Waals surface area contributed by atoms with Crippen molar-refractivity contribution in [3.63, 3.8) is 0 Å². The van der Waals surface area contributed by atoms with Crippen LogP contribution in [0.25, 0.3) is 0 Å². The molecule has 0 aromatic rings. The van der Waals surface area contributed by atoms with Crippen LogP contribution >= 0.6 is 0 Å². The van der Waals surface area contributed by atoms with Gasteiger partial charge in [-0.05, 0) is 13.3 Å². The first kappa shape index (κ1) is 10.6. The lowest BCUT2D eigenvalue weighted by Gasteiger charge is -1.90. The summed E-state index contributed by atoms with van der Waals surface area (Å²) in [4.78, 5) is 9.82. The van der Waals surface area contributed by atoms with E-state index in [0.29, 0.717) is 0 Å². The summed E-state index contributed by atoms with van der Waals surface area (Å²) in [5, 5.41) is 10.3. The van der Waals surface area contributed by atoms with Crippen LogP contribution in [0, 0.1) is 10.1 Å². The van der Waals surface area contributed by atoms with Gasteiger partial charge in [0.1, 0.15) is 0 Å². The number of nitrogens with zero attached hydrogens (tertiary/aromatic N) is 1. The van der Waals surface area contributed by atoms with Gasteiger partial charge in [-0.25, -0.2) is 0 Å². The molecule has 0 saturated heterocycles. The smallest absolute Gasteiger partial charge is 0.258 e. The molecule has 0 spiro atoms. The molecule has 66 valence electrons. The molecule has 0 fully saturated rings. The van der Waals surface area contributed by atoms with E-state index >= 15 is 0 Å². The normalized spacial score (nSPS) is 12.8. The van der Waals surface area contributed by atoms with Crippen molar-refractivity contribution in [2.75, 3.05) is 0 Å². The lowest BCUT2D eigenvalue weighted by atomic mass is 10.2. The van der Waals surface area contributed by atoms with Gasteiger partial charge in [-0.2, -0.15) is 0 Å². The third kappa shape index (κ3) is 3.71. The van der Waals surface area contributed by atoms with E-state index in [1.165, 1.54) is 12.2 Å². The van der Waals surface area contributed by atoms with Crippen LogP contribution in [-0.4, -0.2) is 4.92 Å². The molecular formula is C9H13NO2. The Morgan fingerprint density at radius 2 is 2.17 bits per heavy atom. The molecule has 0 aliphatic heterocycles. The van der Waals surface area contributed by atoms with E-state index in [2.05, 4.69) is 6.58 Å². The summed E-state index contributed by atoms with van der Waals surface area (Å²) in [6.07, 6.45) is 5.34. The molecule has 0 atom stereocenters. The number of rotatable bonds is 4. The topological polar surface area (TPSA) is 43.1 Å². The number of allylic oxidation sites excluding steroid dienone is 4. The Morgan fingerprint density at radius 3 is 2.50 bits per heavy atom. The van der Waals surface area contributed by atoms with E-state index in [4.69, 9.17) is 0 Å². The molecule has 12 heavy (non-hydrogen) atoms. The second kappa shape index (κ2) is 5.29.